The molecule has 0 saturated heterocycles. The maximum Gasteiger partial charge on any atom is 0.166 e. The number of rotatable bonds is 6. The highest BCUT2D eigenvalue weighted by atomic mass is 19.2. The molecule has 3 rings (SSSR count). The molecule has 1 nitrogen and oxygen atoms in total. The summed E-state index contributed by atoms with van der Waals surface area (Å²) in [6, 6.07) is 21.4. The number of methoxy groups -OCH3 is 1. The van der Waals surface area contributed by atoms with E-state index in [1.54, 1.807) is 24.3 Å². The molecule has 0 bridgehead atoms. The highest BCUT2D eigenvalue weighted by Crippen LogP contribution is 2.31. The molecule has 3 aromatic carbocycles. The minimum Gasteiger partial charge on any atom is -0.497 e. The van der Waals surface area contributed by atoms with Crippen molar-refractivity contribution in [2.75, 3.05) is 7.11 Å². The van der Waals surface area contributed by atoms with Crippen LogP contribution in [0.25, 0.3) is 22.8 Å². The Morgan fingerprint density at radius 1 is 0.704 bits per heavy atom. The monoisotopic (exact) mass is 364 g/mol. The number of halogens is 2. The fraction of sp³-hybridized carbons (Fsp3) is 0.167. The molecule has 0 fully saturated rings. The highest BCUT2D eigenvalue weighted by molar-refractivity contribution is 5.83. The molecule has 27 heavy (non-hydrogen) atoms. The van der Waals surface area contributed by atoms with E-state index in [2.05, 4.69) is 31.2 Å². The van der Waals surface area contributed by atoms with E-state index in [4.69, 9.17) is 4.74 Å². The Labute approximate surface area is 158 Å². The van der Waals surface area contributed by atoms with Gasteiger partial charge in [0.1, 0.15) is 5.75 Å². The van der Waals surface area contributed by atoms with Crippen molar-refractivity contribution in [2.24, 2.45) is 0 Å². The van der Waals surface area contributed by atoms with Crippen LogP contribution in [-0.2, 0) is 6.42 Å². The molecule has 0 unspecified atom stereocenters. The zero-order valence-corrected chi connectivity index (χ0v) is 15.5. The molecule has 0 aliphatic rings. The molecule has 3 heteroatoms. The number of hydrogen-bond donors (Lipinski definition) is 0. The van der Waals surface area contributed by atoms with Gasteiger partial charge in [-0.15, -0.1) is 0 Å². The molecule has 3 aromatic rings. The predicted molar refractivity (Wildman–Crippen MR) is 108 cm³/mol. The van der Waals surface area contributed by atoms with Crippen molar-refractivity contribution < 1.29 is 13.5 Å². The average Bonchev–Trinajstić information content (AvgIpc) is 2.74. The van der Waals surface area contributed by atoms with Crippen LogP contribution in [0.3, 0.4) is 0 Å². The normalized spacial score (nSPS) is 11.9. The second kappa shape index (κ2) is 8.63. The Bertz CT molecular complexity index is 908. The summed E-state index contributed by atoms with van der Waals surface area (Å²) in [5.74, 6) is -1.15. The minimum atomic E-state index is -0.880. The Balaban J connectivity index is 1.82. The molecule has 0 aliphatic carbocycles. The van der Waals surface area contributed by atoms with Crippen LogP contribution in [0.5, 0.6) is 5.75 Å². The molecule has 0 atom stereocenters. The minimum absolute atomic E-state index is 0.184. The van der Waals surface area contributed by atoms with Crippen molar-refractivity contribution >= 4 is 11.7 Å². The Morgan fingerprint density at radius 2 is 1.15 bits per heavy atom. The predicted octanol–water partition coefficient (Wildman–Crippen LogP) is 7.08. The second-order valence-electron chi connectivity index (χ2n) is 6.38. The lowest BCUT2D eigenvalue weighted by atomic mass is 10.0. The fourth-order valence-corrected chi connectivity index (χ4v) is 2.95. The first kappa shape index (κ1) is 18.8. The van der Waals surface area contributed by atoms with Gasteiger partial charge in [0.25, 0.3) is 0 Å². The maximum absolute atomic E-state index is 14.5. The summed E-state index contributed by atoms with van der Waals surface area (Å²) in [7, 11) is 1.53. The van der Waals surface area contributed by atoms with E-state index in [-0.39, 0.29) is 11.1 Å². The summed E-state index contributed by atoms with van der Waals surface area (Å²) in [4.78, 5) is 0. The van der Waals surface area contributed by atoms with E-state index < -0.39 is 11.7 Å². The van der Waals surface area contributed by atoms with E-state index in [0.717, 1.165) is 24.0 Å². The fourth-order valence-electron chi connectivity index (χ4n) is 2.95. The Hall–Kier alpha value is -2.94. The molecule has 0 aromatic heterocycles. The SMILES string of the molecule is CCCc1ccc(-c2ccc(/C(F)=C(\F)c3ccc(OC)cc3)cc2)cc1. The van der Waals surface area contributed by atoms with Crippen LogP contribution in [0, 0.1) is 0 Å². The molecule has 0 amide bonds. The van der Waals surface area contributed by atoms with E-state index >= 15 is 0 Å². The van der Waals surface area contributed by atoms with Crippen molar-refractivity contribution in [3.63, 3.8) is 0 Å². The topological polar surface area (TPSA) is 9.23 Å². The zero-order valence-electron chi connectivity index (χ0n) is 15.5. The van der Waals surface area contributed by atoms with Crippen molar-refractivity contribution in [2.45, 2.75) is 19.8 Å². The van der Waals surface area contributed by atoms with E-state index in [1.807, 2.05) is 12.1 Å². The van der Waals surface area contributed by atoms with Crippen LogP contribution in [0.2, 0.25) is 0 Å². The van der Waals surface area contributed by atoms with E-state index in [1.165, 1.54) is 24.8 Å². The van der Waals surface area contributed by atoms with Gasteiger partial charge >= 0.3 is 0 Å². The molecule has 0 radical (unpaired) electrons. The van der Waals surface area contributed by atoms with Crippen LogP contribution in [0.15, 0.2) is 72.8 Å². The first-order valence-corrected chi connectivity index (χ1v) is 9.02. The van der Waals surface area contributed by atoms with Gasteiger partial charge in [-0.25, -0.2) is 8.78 Å². The van der Waals surface area contributed by atoms with Crippen LogP contribution in [0.4, 0.5) is 8.78 Å². The third-order valence-corrected chi connectivity index (χ3v) is 4.50. The van der Waals surface area contributed by atoms with Crippen LogP contribution < -0.4 is 4.74 Å². The van der Waals surface area contributed by atoms with Gasteiger partial charge in [-0.2, -0.15) is 0 Å². The molecule has 0 saturated carbocycles. The lowest BCUT2D eigenvalue weighted by Gasteiger charge is -2.07. The largest absolute Gasteiger partial charge is 0.497 e. The lowest BCUT2D eigenvalue weighted by Crippen LogP contribution is -1.87. The first-order valence-electron chi connectivity index (χ1n) is 9.02. The lowest BCUT2D eigenvalue weighted by molar-refractivity contribution is 0.414. The molecule has 0 heterocycles. The van der Waals surface area contributed by atoms with Crippen molar-refractivity contribution in [1.82, 2.24) is 0 Å². The first-order chi connectivity index (χ1) is 13.1. The average molecular weight is 364 g/mol. The van der Waals surface area contributed by atoms with Gasteiger partial charge in [-0.05, 0) is 47.4 Å². The summed E-state index contributed by atoms with van der Waals surface area (Å²) in [6.07, 6.45) is 2.17. The number of ether oxygens (including phenoxy) is 1. The molecule has 0 aliphatic heterocycles. The quantitative estimate of drug-likeness (QED) is 0.425. The standard InChI is InChI=1S/C24H22F2O/c1-3-4-17-5-7-18(8-6-17)19-9-11-20(12-10-19)23(25)24(26)21-13-15-22(27-2)16-14-21/h5-16H,3-4H2,1-2H3/b24-23+. The van der Waals surface area contributed by atoms with E-state index in [9.17, 15) is 8.78 Å². The molecule has 0 spiro atoms. The van der Waals surface area contributed by atoms with Gasteiger partial charge in [-0.3, -0.25) is 0 Å². The second-order valence-corrected chi connectivity index (χ2v) is 6.38. The third-order valence-electron chi connectivity index (χ3n) is 4.50. The number of aryl methyl sites for hydroxylation is 1. The van der Waals surface area contributed by atoms with Crippen molar-refractivity contribution in [1.29, 1.82) is 0 Å². The maximum atomic E-state index is 14.5. The van der Waals surface area contributed by atoms with Gasteiger partial charge in [0.2, 0.25) is 0 Å². The summed E-state index contributed by atoms with van der Waals surface area (Å²) in [5, 5.41) is 0. The van der Waals surface area contributed by atoms with Crippen molar-refractivity contribution in [3.8, 4) is 16.9 Å². The molecular weight excluding hydrogens is 342 g/mol. The van der Waals surface area contributed by atoms with Crippen LogP contribution >= 0.6 is 0 Å². The van der Waals surface area contributed by atoms with Gasteiger partial charge < -0.3 is 4.74 Å². The Kier molecular flexibility index (Phi) is 6.02. The third kappa shape index (κ3) is 4.43. The van der Waals surface area contributed by atoms with Gasteiger partial charge in [0.15, 0.2) is 11.7 Å². The van der Waals surface area contributed by atoms with Gasteiger partial charge in [0.05, 0.1) is 7.11 Å². The van der Waals surface area contributed by atoms with Crippen LogP contribution in [-0.4, -0.2) is 7.11 Å². The number of hydrogen-bond acceptors (Lipinski definition) is 1. The summed E-state index contributed by atoms with van der Waals surface area (Å²) >= 11 is 0. The number of benzene rings is 3. The van der Waals surface area contributed by atoms with E-state index in [0.29, 0.717) is 5.75 Å². The summed E-state index contributed by atoms with van der Waals surface area (Å²) < 4.78 is 34.0. The summed E-state index contributed by atoms with van der Waals surface area (Å²) in [6.45, 7) is 2.15. The van der Waals surface area contributed by atoms with Crippen molar-refractivity contribution in [3.05, 3.63) is 89.5 Å². The Morgan fingerprint density at radius 3 is 1.59 bits per heavy atom. The van der Waals surface area contributed by atoms with Gasteiger partial charge in [0, 0.05) is 11.1 Å². The molecule has 0 N–H and O–H groups in total. The highest BCUT2D eigenvalue weighted by Gasteiger charge is 2.12. The summed E-state index contributed by atoms with van der Waals surface area (Å²) in [5.41, 5.74) is 3.73. The van der Waals surface area contributed by atoms with Gasteiger partial charge in [-0.1, -0.05) is 61.9 Å². The smallest absolute Gasteiger partial charge is 0.166 e. The zero-order chi connectivity index (χ0) is 19.2. The van der Waals surface area contributed by atoms with Crippen LogP contribution in [0.1, 0.15) is 30.0 Å². The molecule has 138 valence electrons. The molecular formula is C24H22F2O.